The summed E-state index contributed by atoms with van der Waals surface area (Å²) in [5.41, 5.74) is 2.93. The summed E-state index contributed by atoms with van der Waals surface area (Å²) in [4.78, 5) is 12.3. The number of phenols is 1. The Morgan fingerprint density at radius 1 is 1.00 bits per heavy atom. The number of ether oxygens (including phenoxy) is 1. The van der Waals surface area contributed by atoms with Crippen LogP contribution in [0, 0.1) is 6.92 Å². The van der Waals surface area contributed by atoms with E-state index in [0.717, 1.165) is 11.1 Å². The van der Waals surface area contributed by atoms with Crippen molar-refractivity contribution in [2.45, 2.75) is 13.5 Å². The van der Waals surface area contributed by atoms with Gasteiger partial charge in [-0.25, -0.2) is 0 Å². The van der Waals surface area contributed by atoms with Crippen LogP contribution in [0.3, 0.4) is 0 Å². The number of aryl methyl sites for hydroxylation is 1. The smallest absolute Gasteiger partial charge is 0.255 e. The van der Waals surface area contributed by atoms with Crippen molar-refractivity contribution in [1.29, 1.82) is 0 Å². The highest BCUT2D eigenvalue weighted by atomic mass is 16.5. The van der Waals surface area contributed by atoms with Crippen LogP contribution in [0.2, 0.25) is 0 Å². The van der Waals surface area contributed by atoms with Gasteiger partial charge in [0.25, 0.3) is 5.91 Å². The molecule has 0 saturated heterocycles. The molecule has 0 heterocycles. The monoisotopic (exact) mass is 333 g/mol. The van der Waals surface area contributed by atoms with Gasteiger partial charge >= 0.3 is 0 Å². The van der Waals surface area contributed by atoms with E-state index in [1.807, 2.05) is 37.3 Å². The van der Waals surface area contributed by atoms with Gasteiger partial charge in [0.05, 0.1) is 5.69 Å². The predicted octanol–water partition coefficient (Wildman–Crippen LogP) is 4.53. The number of rotatable bonds is 5. The maximum atomic E-state index is 12.3. The topological polar surface area (TPSA) is 58.6 Å². The Morgan fingerprint density at radius 3 is 2.44 bits per heavy atom. The molecule has 1 amide bonds. The normalized spacial score (nSPS) is 10.3. The zero-order valence-electron chi connectivity index (χ0n) is 13.9. The lowest BCUT2D eigenvalue weighted by molar-refractivity contribution is 0.102. The fourth-order valence-electron chi connectivity index (χ4n) is 2.39. The average molecular weight is 333 g/mol. The lowest BCUT2D eigenvalue weighted by atomic mass is 10.1. The fourth-order valence-corrected chi connectivity index (χ4v) is 2.39. The highest BCUT2D eigenvalue weighted by molar-refractivity contribution is 6.05. The van der Waals surface area contributed by atoms with Gasteiger partial charge in [-0.15, -0.1) is 0 Å². The van der Waals surface area contributed by atoms with Crippen LogP contribution in [0.15, 0.2) is 72.8 Å². The highest BCUT2D eigenvalue weighted by Crippen LogP contribution is 2.24. The number of carbonyl (C=O) groups excluding carboxylic acids is 1. The van der Waals surface area contributed by atoms with Gasteiger partial charge in [-0.3, -0.25) is 4.79 Å². The van der Waals surface area contributed by atoms with Crippen molar-refractivity contribution in [2.24, 2.45) is 0 Å². The molecule has 0 aliphatic heterocycles. The Kier molecular flexibility index (Phi) is 5.00. The maximum Gasteiger partial charge on any atom is 0.255 e. The summed E-state index contributed by atoms with van der Waals surface area (Å²) in [6, 6.07) is 21.9. The second kappa shape index (κ2) is 7.53. The zero-order chi connectivity index (χ0) is 17.6. The second-order valence-corrected chi connectivity index (χ2v) is 5.77. The molecule has 0 fully saturated rings. The molecule has 0 unspecified atom stereocenters. The van der Waals surface area contributed by atoms with Crippen LogP contribution in [0.25, 0.3) is 0 Å². The first-order valence-corrected chi connectivity index (χ1v) is 7.99. The number of benzene rings is 3. The molecule has 25 heavy (non-hydrogen) atoms. The number of carbonyl (C=O) groups is 1. The van der Waals surface area contributed by atoms with E-state index < -0.39 is 0 Å². The highest BCUT2D eigenvalue weighted by Gasteiger charge is 2.09. The van der Waals surface area contributed by atoms with Crippen molar-refractivity contribution >= 4 is 11.6 Å². The van der Waals surface area contributed by atoms with E-state index in [9.17, 15) is 9.90 Å². The molecule has 126 valence electrons. The number of amides is 1. The zero-order valence-corrected chi connectivity index (χ0v) is 13.9. The van der Waals surface area contributed by atoms with Crippen LogP contribution in [0.5, 0.6) is 11.5 Å². The van der Waals surface area contributed by atoms with Gasteiger partial charge in [0, 0.05) is 5.56 Å². The summed E-state index contributed by atoms with van der Waals surface area (Å²) in [5.74, 6) is 0.455. The van der Waals surface area contributed by atoms with Crippen molar-refractivity contribution in [3.8, 4) is 11.5 Å². The molecule has 0 bridgehead atoms. The summed E-state index contributed by atoms with van der Waals surface area (Å²) in [6.07, 6.45) is 0. The first-order chi connectivity index (χ1) is 12.1. The van der Waals surface area contributed by atoms with Gasteiger partial charge in [0.15, 0.2) is 0 Å². The van der Waals surface area contributed by atoms with E-state index in [0.29, 0.717) is 23.6 Å². The molecule has 0 spiro atoms. The van der Waals surface area contributed by atoms with Crippen LogP contribution in [0.1, 0.15) is 21.5 Å². The minimum Gasteiger partial charge on any atom is -0.506 e. The number of hydrogen-bond acceptors (Lipinski definition) is 3. The first-order valence-electron chi connectivity index (χ1n) is 7.99. The van der Waals surface area contributed by atoms with E-state index in [1.165, 1.54) is 0 Å². The largest absolute Gasteiger partial charge is 0.506 e. The summed E-state index contributed by atoms with van der Waals surface area (Å²) in [6.45, 7) is 2.37. The van der Waals surface area contributed by atoms with Gasteiger partial charge < -0.3 is 15.2 Å². The van der Waals surface area contributed by atoms with Crippen molar-refractivity contribution in [2.75, 3.05) is 5.32 Å². The predicted molar refractivity (Wildman–Crippen MR) is 98.0 cm³/mol. The van der Waals surface area contributed by atoms with E-state index in [2.05, 4.69) is 5.32 Å². The number of aromatic hydroxyl groups is 1. The Labute approximate surface area is 146 Å². The molecule has 0 saturated carbocycles. The molecule has 3 aromatic rings. The number of nitrogens with one attached hydrogen (secondary N) is 1. The Bertz CT molecular complexity index is 858. The van der Waals surface area contributed by atoms with Crippen LogP contribution >= 0.6 is 0 Å². The Balaban J connectivity index is 1.63. The van der Waals surface area contributed by atoms with Gasteiger partial charge in [-0.1, -0.05) is 36.4 Å². The van der Waals surface area contributed by atoms with Crippen LogP contribution in [0.4, 0.5) is 5.69 Å². The minimum atomic E-state index is -0.282. The molecule has 0 atom stereocenters. The Morgan fingerprint density at radius 2 is 1.72 bits per heavy atom. The molecule has 0 aliphatic carbocycles. The molecule has 3 rings (SSSR count). The minimum absolute atomic E-state index is 0.0433. The lowest BCUT2D eigenvalue weighted by Gasteiger charge is -2.09. The molecule has 0 aliphatic rings. The van der Waals surface area contributed by atoms with E-state index in [-0.39, 0.29) is 11.7 Å². The lowest BCUT2D eigenvalue weighted by Crippen LogP contribution is -2.12. The van der Waals surface area contributed by atoms with Gasteiger partial charge in [-0.2, -0.15) is 0 Å². The molecule has 3 aromatic carbocycles. The van der Waals surface area contributed by atoms with Crippen molar-refractivity contribution < 1.29 is 14.6 Å². The SMILES string of the molecule is Cc1ccc(O)c(NC(=O)c2ccc(OCc3ccccc3)cc2)c1. The molecular formula is C21H19NO3. The van der Waals surface area contributed by atoms with E-state index in [4.69, 9.17) is 4.74 Å². The first kappa shape index (κ1) is 16.6. The van der Waals surface area contributed by atoms with E-state index in [1.54, 1.807) is 42.5 Å². The molecule has 4 heteroatoms. The summed E-state index contributed by atoms with van der Waals surface area (Å²) < 4.78 is 5.71. The average Bonchev–Trinajstić information content (AvgIpc) is 2.64. The van der Waals surface area contributed by atoms with Crippen LogP contribution < -0.4 is 10.1 Å². The molecule has 0 aromatic heterocycles. The third kappa shape index (κ3) is 4.38. The third-order valence-electron chi connectivity index (χ3n) is 3.77. The molecule has 0 radical (unpaired) electrons. The molecular weight excluding hydrogens is 314 g/mol. The van der Waals surface area contributed by atoms with Crippen molar-refractivity contribution in [1.82, 2.24) is 0 Å². The van der Waals surface area contributed by atoms with Crippen molar-refractivity contribution in [3.05, 3.63) is 89.5 Å². The molecule has 4 nitrogen and oxygen atoms in total. The number of phenolic OH excluding ortho intramolecular Hbond substituents is 1. The maximum absolute atomic E-state index is 12.3. The summed E-state index contributed by atoms with van der Waals surface area (Å²) in [5, 5.41) is 12.5. The van der Waals surface area contributed by atoms with Crippen LogP contribution in [-0.2, 0) is 6.61 Å². The number of anilines is 1. The third-order valence-corrected chi connectivity index (χ3v) is 3.77. The quantitative estimate of drug-likeness (QED) is 0.674. The summed E-state index contributed by atoms with van der Waals surface area (Å²) in [7, 11) is 0. The van der Waals surface area contributed by atoms with Crippen LogP contribution in [-0.4, -0.2) is 11.0 Å². The second-order valence-electron chi connectivity index (χ2n) is 5.77. The van der Waals surface area contributed by atoms with Gasteiger partial charge in [-0.05, 0) is 54.4 Å². The van der Waals surface area contributed by atoms with E-state index >= 15 is 0 Å². The van der Waals surface area contributed by atoms with Crippen molar-refractivity contribution in [3.63, 3.8) is 0 Å². The van der Waals surface area contributed by atoms with Gasteiger partial charge in [0.1, 0.15) is 18.1 Å². The number of hydrogen-bond donors (Lipinski definition) is 2. The standard InChI is InChI=1S/C21H19NO3/c1-15-7-12-20(23)19(13-15)22-21(24)17-8-10-18(11-9-17)25-14-16-5-3-2-4-6-16/h2-13,23H,14H2,1H3,(H,22,24). The Hall–Kier alpha value is -3.27. The molecule has 2 N–H and O–H groups in total. The summed E-state index contributed by atoms with van der Waals surface area (Å²) >= 11 is 0. The van der Waals surface area contributed by atoms with Gasteiger partial charge in [0.2, 0.25) is 0 Å². The fraction of sp³-hybridized carbons (Fsp3) is 0.0952.